The van der Waals surface area contributed by atoms with E-state index in [-0.39, 0.29) is 5.91 Å². The second-order valence-corrected chi connectivity index (χ2v) is 3.74. The summed E-state index contributed by atoms with van der Waals surface area (Å²) in [6.45, 7) is 5.88. The topological polar surface area (TPSA) is 29.1 Å². The van der Waals surface area contributed by atoms with Crippen molar-refractivity contribution in [1.82, 2.24) is 5.32 Å². The number of amides is 1. The van der Waals surface area contributed by atoms with Gasteiger partial charge in [-0.05, 0) is 37.5 Å². The molecule has 0 aliphatic rings. The van der Waals surface area contributed by atoms with Gasteiger partial charge in [0, 0.05) is 12.6 Å². The highest BCUT2D eigenvalue weighted by Crippen LogP contribution is 2.10. The van der Waals surface area contributed by atoms with Crippen LogP contribution in [0.5, 0.6) is 0 Å². The molecule has 0 aliphatic carbocycles. The van der Waals surface area contributed by atoms with E-state index in [1.54, 1.807) is 7.05 Å². The van der Waals surface area contributed by atoms with Crippen molar-refractivity contribution in [2.24, 2.45) is 0 Å². The zero-order valence-corrected chi connectivity index (χ0v) is 9.34. The van der Waals surface area contributed by atoms with Crippen LogP contribution in [0.2, 0.25) is 0 Å². The number of carbonyl (C=O) groups is 1. The summed E-state index contributed by atoms with van der Waals surface area (Å²) in [5, 5.41) is 2.62. The molecule has 0 radical (unpaired) electrons. The molecule has 0 aliphatic heterocycles. The van der Waals surface area contributed by atoms with Crippen molar-refractivity contribution in [2.45, 2.75) is 19.8 Å². The SMILES string of the molecule is C=C(C)CCc1cccc(C(=O)NC)c1. The molecule has 2 nitrogen and oxygen atoms in total. The number of aryl methyl sites for hydroxylation is 1. The first-order valence-corrected chi connectivity index (χ1v) is 5.09. The average molecular weight is 203 g/mol. The van der Waals surface area contributed by atoms with Crippen molar-refractivity contribution in [3.8, 4) is 0 Å². The lowest BCUT2D eigenvalue weighted by Gasteiger charge is -2.04. The van der Waals surface area contributed by atoms with Crippen molar-refractivity contribution in [3.05, 3.63) is 47.5 Å². The van der Waals surface area contributed by atoms with Gasteiger partial charge in [0.1, 0.15) is 0 Å². The average Bonchev–Trinajstić information content (AvgIpc) is 2.25. The minimum Gasteiger partial charge on any atom is -0.355 e. The Labute approximate surface area is 91.0 Å². The number of carbonyl (C=O) groups excluding carboxylic acids is 1. The van der Waals surface area contributed by atoms with Crippen molar-refractivity contribution < 1.29 is 4.79 Å². The maximum absolute atomic E-state index is 11.4. The highest BCUT2D eigenvalue weighted by molar-refractivity contribution is 5.94. The molecular weight excluding hydrogens is 186 g/mol. The first-order chi connectivity index (χ1) is 7.13. The molecule has 1 aromatic rings. The van der Waals surface area contributed by atoms with Gasteiger partial charge in [-0.15, -0.1) is 6.58 Å². The van der Waals surface area contributed by atoms with Gasteiger partial charge in [0.15, 0.2) is 0 Å². The molecule has 15 heavy (non-hydrogen) atoms. The Hall–Kier alpha value is -1.57. The molecule has 80 valence electrons. The minimum absolute atomic E-state index is 0.0350. The Kier molecular flexibility index (Phi) is 4.10. The third kappa shape index (κ3) is 3.58. The molecule has 0 unspecified atom stereocenters. The third-order valence-corrected chi connectivity index (χ3v) is 2.26. The fourth-order valence-electron chi connectivity index (χ4n) is 1.37. The predicted octanol–water partition coefficient (Wildman–Crippen LogP) is 2.55. The first kappa shape index (κ1) is 11.5. The van der Waals surface area contributed by atoms with Crippen LogP contribution in [0.15, 0.2) is 36.4 Å². The van der Waals surface area contributed by atoms with Crippen molar-refractivity contribution in [1.29, 1.82) is 0 Å². The zero-order valence-electron chi connectivity index (χ0n) is 9.34. The molecule has 0 fully saturated rings. The summed E-state index contributed by atoms with van der Waals surface area (Å²) in [5.41, 5.74) is 3.07. The predicted molar refractivity (Wildman–Crippen MR) is 63.0 cm³/mol. The fraction of sp³-hybridized carbons (Fsp3) is 0.308. The maximum Gasteiger partial charge on any atom is 0.251 e. The van der Waals surface area contributed by atoms with Crippen LogP contribution >= 0.6 is 0 Å². The Morgan fingerprint density at radius 3 is 2.80 bits per heavy atom. The van der Waals surface area contributed by atoms with Crippen LogP contribution in [-0.2, 0) is 6.42 Å². The molecule has 0 aromatic heterocycles. The molecule has 1 aromatic carbocycles. The quantitative estimate of drug-likeness (QED) is 0.749. The Morgan fingerprint density at radius 1 is 1.47 bits per heavy atom. The Morgan fingerprint density at radius 2 is 2.20 bits per heavy atom. The van der Waals surface area contributed by atoms with E-state index in [0.717, 1.165) is 18.4 Å². The van der Waals surface area contributed by atoms with Crippen LogP contribution in [0.1, 0.15) is 29.3 Å². The van der Waals surface area contributed by atoms with Gasteiger partial charge in [-0.25, -0.2) is 0 Å². The lowest BCUT2D eigenvalue weighted by molar-refractivity contribution is 0.0963. The molecule has 1 rings (SSSR count). The highest BCUT2D eigenvalue weighted by atomic mass is 16.1. The van der Waals surface area contributed by atoms with Gasteiger partial charge in [-0.2, -0.15) is 0 Å². The zero-order chi connectivity index (χ0) is 11.3. The van der Waals surface area contributed by atoms with Crippen molar-refractivity contribution in [3.63, 3.8) is 0 Å². The Bertz CT molecular complexity index is 369. The molecule has 0 heterocycles. The molecule has 0 saturated carbocycles. The highest BCUT2D eigenvalue weighted by Gasteiger charge is 2.03. The van der Waals surface area contributed by atoms with Crippen molar-refractivity contribution >= 4 is 5.91 Å². The third-order valence-electron chi connectivity index (χ3n) is 2.26. The van der Waals surface area contributed by atoms with Gasteiger partial charge in [-0.1, -0.05) is 17.7 Å². The van der Waals surface area contributed by atoms with Crippen LogP contribution in [0.3, 0.4) is 0 Å². The summed E-state index contributed by atoms with van der Waals surface area (Å²) in [7, 11) is 1.64. The number of benzene rings is 1. The van der Waals surface area contributed by atoms with Gasteiger partial charge in [0.25, 0.3) is 5.91 Å². The largest absolute Gasteiger partial charge is 0.355 e. The van der Waals surface area contributed by atoms with Gasteiger partial charge >= 0.3 is 0 Å². The van der Waals surface area contributed by atoms with E-state index in [1.807, 2.05) is 31.2 Å². The summed E-state index contributed by atoms with van der Waals surface area (Å²) in [6.07, 6.45) is 1.91. The van der Waals surface area contributed by atoms with Gasteiger partial charge < -0.3 is 5.32 Å². The van der Waals surface area contributed by atoms with Gasteiger partial charge in [0.05, 0.1) is 0 Å². The van der Waals surface area contributed by atoms with Crippen LogP contribution in [0.25, 0.3) is 0 Å². The van der Waals surface area contributed by atoms with Crippen LogP contribution in [0, 0.1) is 0 Å². The maximum atomic E-state index is 11.4. The summed E-state index contributed by atoms with van der Waals surface area (Å²) in [5.74, 6) is -0.0350. The van der Waals surface area contributed by atoms with Crippen LogP contribution in [-0.4, -0.2) is 13.0 Å². The van der Waals surface area contributed by atoms with E-state index in [0.29, 0.717) is 0 Å². The number of allylic oxidation sites excluding steroid dienone is 1. The van der Waals surface area contributed by atoms with E-state index in [4.69, 9.17) is 0 Å². The summed E-state index contributed by atoms with van der Waals surface area (Å²) < 4.78 is 0. The Balaban J connectivity index is 2.74. The summed E-state index contributed by atoms with van der Waals surface area (Å²) in [6, 6.07) is 7.71. The van der Waals surface area contributed by atoms with Gasteiger partial charge in [0.2, 0.25) is 0 Å². The second kappa shape index (κ2) is 5.35. The van der Waals surface area contributed by atoms with Crippen LogP contribution in [0.4, 0.5) is 0 Å². The fourth-order valence-corrected chi connectivity index (χ4v) is 1.37. The summed E-state index contributed by atoms with van der Waals surface area (Å²) in [4.78, 5) is 11.4. The molecule has 1 amide bonds. The number of nitrogens with one attached hydrogen (secondary N) is 1. The lowest BCUT2D eigenvalue weighted by Crippen LogP contribution is -2.17. The number of hydrogen-bond donors (Lipinski definition) is 1. The van der Waals surface area contributed by atoms with E-state index in [9.17, 15) is 4.79 Å². The lowest BCUT2D eigenvalue weighted by atomic mass is 10.0. The van der Waals surface area contributed by atoms with Crippen LogP contribution < -0.4 is 5.32 Å². The monoisotopic (exact) mass is 203 g/mol. The second-order valence-electron chi connectivity index (χ2n) is 3.74. The molecule has 1 N–H and O–H groups in total. The number of rotatable bonds is 4. The molecule has 0 saturated heterocycles. The van der Waals surface area contributed by atoms with E-state index < -0.39 is 0 Å². The van der Waals surface area contributed by atoms with E-state index in [2.05, 4.69) is 11.9 Å². The first-order valence-electron chi connectivity index (χ1n) is 5.09. The standard InChI is InChI=1S/C13H17NO/c1-10(2)7-8-11-5-4-6-12(9-11)13(15)14-3/h4-6,9H,1,7-8H2,2-3H3,(H,14,15). The molecule has 0 atom stereocenters. The molecule has 0 bridgehead atoms. The van der Waals surface area contributed by atoms with E-state index >= 15 is 0 Å². The smallest absolute Gasteiger partial charge is 0.251 e. The van der Waals surface area contributed by atoms with Crippen molar-refractivity contribution in [2.75, 3.05) is 7.05 Å². The van der Waals surface area contributed by atoms with Gasteiger partial charge in [-0.3, -0.25) is 4.79 Å². The van der Waals surface area contributed by atoms with E-state index in [1.165, 1.54) is 11.1 Å². The molecular formula is C13H17NO. The molecule has 2 heteroatoms. The summed E-state index contributed by atoms with van der Waals surface area (Å²) >= 11 is 0. The number of hydrogen-bond acceptors (Lipinski definition) is 1. The molecule has 0 spiro atoms. The minimum atomic E-state index is -0.0350. The normalized spacial score (nSPS) is 9.73.